The molecule has 2 amide bonds. The number of nitrogens with one attached hydrogen (secondary N) is 1. The van der Waals surface area contributed by atoms with Gasteiger partial charge in [-0.15, -0.1) is 0 Å². The van der Waals surface area contributed by atoms with E-state index in [0.29, 0.717) is 17.5 Å². The maximum atomic E-state index is 12.6. The zero-order valence-electron chi connectivity index (χ0n) is 18.4. The van der Waals surface area contributed by atoms with Gasteiger partial charge in [0.05, 0.1) is 0 Å². The number of rotatable bonds is 4. The fourth-order valence-electron chi connectivity index (χ4n) is 4.19. The number of amides is 2. The number of anilines is 1. The number of hydrogen-bond acceptors (Lipinski definition) is 3. The largest absolute Gasteiger partial charge is 0.349 e. The van der Waals surface area contributed by atoms with Crippen molar-refractivity contribution in [3.63, 3.8) is 0 Å². The number of nitrogens with zero attached hydrogens (tertiary/aromatic N) is 2. The summed E-state index contributed by atoms with van der Waals surface area (Å²) >= 11 is 0. The van der Waals surface area contributed by atoms with Gasteiger partial charge >= 0.3 is 0 Å². The first-order valence-electron chi connectivity index (χ1n) is 11.4. The first-order chi connectivity index (χ1) is 13.9. The third-order valence-electron chi connectivity index (χ3n) is 5.80. The topological polar surface area (TPSA) is 52.7 Å². The lowest BCUT2D eigenvalue weighted by Crippen LogP contribution is -2.34. The molecule has 3 rings (SSSR count). The SMILES string of the molecule is CC(=O)N1CCCCCCCN(CC(C)C)Cc2cc(C(=O)NC3CC3)ccc21. The summed E-state index contributed by atoms with van der Waals surface area (Å²) in [5.41, 5.74) is 2.76. The molecule has 1 saturated carbocycles. The van der Waals surface area contributed by atoms with Crippen LogP contribution in [-0.2, 0) is 11.3 Å². The van der Waals surface area contributed by atoms with Crippen molar-refractivity contribution < 1.29 is 9.59 Å². The van der Waals surface area contributed by atoms with Gasteiger partial charge in [0.1, 0.15) is 0 Å². The molecule has 1 fully saturated rings. The van der Waals surface area contributed by atoms with E-state index >= 15 is 0 Å². The molecule has 1 aliphatic heterocycles. The van der Waals surface area contributed by atoms with Crippen LogP contribution < -0.4 is 10.2 Å². The zero-order chi connectivity index (χ0) is 20.8. The standard InChI is InChI=1S/C24H37N3O2/c1-18(2)16-26-13-7-5-4-6-8-14-27(19(3)28)23-12-9-20(15-21(23)17-26)24(29)25-22-10-11-22/h9,12,15,18,22H,4-8,10-11,13-14,16-17H2,1-3H3,(H,25,29). The monoisotopic (exact) mass is 399 g/mol. The van der Waals surface area contributed by atoms with Crippen molar-refractivity contribution >= 4 is 17.5 Å². The van der Waals surface area contributed by atoms with Crippen LogP contribution in [0, 0.1) is 5.92 Å². The summed E-state index contributed by atoms with van der Waals surface area (Å²) in [6.07, 6.45) is 8.03. The predicted octanol–water partition coefficient (Wildman–Crippen LogP) is 4.35. The van der Waals surface area contributed by atoms with Gasteiger partial charge in [-0.25, -0.2) is 0 Å². The van der Waals surface area contributed by atoms with Crippen molar-refractivity contribution in [1.29, 1.82) is 0 Å². The first kappa shape index (κ1) is 21.8. The summed E-state index contributed by atoms with van der Waals surface area (Å²) in [5.74, 6) is 0.664. The van der Waals surface area contributed by atoms with Crippen LogP contribution in [0.25, 0.3) is 0 Å². The second-order valence-corrected chi connectivity index (χ2v) is 9.16. The van der Waals surface area contributed by atoms with E-state index in [1.807, 2.05) is 23.1 Å². The van der Waals surface area contributed by atoms with E-state index in [2.05, 4.69) is 24.1 Å². The van der Waals surface area contributed by atoms with Crippen molar-refractivity contribution in [3.8, 4) is 0 Å². The van der Waals surface area contributed by atoms with E-state index in [1.165, 1.54) is 19.3 Å². The van der Waals surface area contributed by atoms with Crippen molar-refractivity contribution in [2.45, 2.75) is 78.3 Å². The lowest BCUT2D eigenvalue weighted by molar-refractivity contribution is -0.116. The molecule has 5 nitrogen and oxygen atoms in total. The van der Waals surface area contributed by atoms with Gasteiger partial charge < -0.3 is 10.2 Å². The van der Waals surface area contributed by atoms with Gasteiger partial charge in [0.25, 0.3) is 5.91 Å². The number of carbonyl (C=O) groups is 2. The van der Waals surface area contributed by atoms with Gasteiger partial charge in [0.2, 0.25) is 5.91 Å². The van der Waals surface area contributed by atoms with Crippen LogP contribution in [0.15, 0.2) is 18.2 Å². The fraction of sp³-hybridized carbons (Fsp3) is 0.667. The van der Waals surface area contributed by atoms with E-state index in [1.54, 1.807) is 6.92 Å². The van der Waals surface area contributed by atoms with E-state index < -0.39 is 0 Å². The van der Waals surface area contributed by atoms with Crippen LogP contribution in [0.1, 0.15) is 81.6 Å². The molecule has 160 valence electrons. The summed E-state index contributed by atoms with van der Waals surface area (Å²) in [6.45, 7) is 9.77. The lowest BCUT2D eigenvalue weighted by Gasteiger charge is -2.30. The van der Waals surface area contributed by atoms with Crippen LogP contribution in [0.3, 0.4) is 0 Å². The second-order valence-electron chi connectivity index (χ2n) is 9.16. The Labute approximate surface area is 175 Å². The molecule has 1 aromatic rings. The molecule has 2 aliphatic rings. The van der Waals surface area contributed by atoms with Gasteiger partial charge in [0.15, 0.2) is 0 Å². The smallest absolute Gasteiger partial charge is 0.251 e. The molecule has 1 heterocycles. The minimum absolute atomic E-state index is 0.00574. The minimum Gasteiger partial charge on any atom is -0.349 e. The van der Waals surface area contributed by atoms with Crippen molar-refractivity contribution in [2.24, 2.45) is 5.92 Å². The average Bonchev–Trinajstić information content (AvgIpc) is 3.46. The van der Waals surface area contributed by atoms with Gasteiger partial charge in [-0.1, -0.05) is 33.1 Å². The maximum Gasteiger partial charge on any atom is 0.251 e. The Bertz CT molecular complexity index is 712. The molecule has 0 radical (unpaired) electrons. The van der Waals surface area contributed by atoms with Crippen LogP contribution in [0.4, 0.5) is 5.69 Å². The summed E-state index contributed by atoms with van der Waals surface area (Å²) in [6, 6.07) is 6.22. The Balaban J connectivity index is 1.92. The van der Waals surface area contributed by atoms with Crippen LogP contribution in [-0.4, -0.2) is 42.4 Å². The highest BCUT2D eigenvalue weighted by atomic mass is 16.2. The second kappa shape index (κ2) is 10.2. The van der Waals surface area contributed by atoms with Crippen LogP contribution in [0.5, 0.6) is 0 Å². The molecule has 29 heavy (non-hydrogen) atoms. The highest BCUT2D eigenvalue weighted by Gasteiger charge is 2.25. The molecule has 1 aromatic carbocycles. The third kappa shape index (κ3) is 6.56. The Morgan fingerprint density at radius 2 is 1.76 bits per heavy atom. The predicted molar refractivity (Wildman–Crippen MR) is 118 cm³/mol. The van der Waals surface area contributed by atoms with Crippen molar-refractivity contribution in [1.82, 2.24) is 10.2 Å². The molecule has 0 bridgehead atoms. The maximum absolute atomic E-state index is 12.6. The van der Waals surface area contributed by atoms with Crippen LogP contribution in [0.2, 0.25) is 0 Å². The summed E-state index contributed by atoms with van der Waals surface area (Å²) in [5, 5.41) is 3.09. The summed E-state index contributed by atoms with van der Waals surface area (Å²) < 4.78 is 0. The quantitative estimate of drug-likeness (QED) is 0.819. The minimum atomic E-state index is 0.00574. The third-order valence-corrected chi connectivity index (χ3v) is 5.80. The van der Waals surface area contributed by atoms with E-state index in [4.69, 9.17) is 0 Å². The van der Waals surface area contributed by atoms with Crippen LogP contribution >= 0.6 is 0 Å². The van der Waals surface area contributed by atoms with Gasteiger partial charge in [-0.3, -0.25) is 14.5 Å². The Morgan fingerprint density at radius 3 is 2.41 bits per heavy atom. The number of benzene rings is 1. The highest BCUT2D eigenvalue weighted by molar-refractivity contribution is 5.97. The normalized spacial score (nSPS) is 19.2. The Kier molecular flexibility index (Phi) is 7.70. The molecule has 5 heteroatoms. The van der Waals surface area contributed by atoms with E-state index in [-0.39, 0.29) is 11.8 Å². The van der Waals surface area contributed by atoms with Gasteiger partial charge in [-0.2, -0.15) is 0 Å². The molecule has 0 saturated heterocycles. The average molecular weight is 400 g/mol. The summed E-state index contributed by atoms with van der Waals surface area (Å²) in [7, 11) is 0. The number of fused-ring (bicyclic) bond motifs is 1. The van der Waals surface area contributed by atoms with Gasteiger partial charge in [0, 0.05) is 43.9 Å². The molecule has 0 spiro atoms. The Hall–Kier alpha value is -1.88. The summed E-state index contributed by atoms with van der Waals surface area (Å²) in [4.78, 5) is 29.5. The molecule has 1 N–H and O–H groups in total. The fourth-order valence-corrected chi connectivity index (χ4v) is 4.19. The molecule has 0 unspecified atom stereocenters. The number of carbonyl (C=O) groups excluding carboxylic acids is 2. The van der Waals surface area contributed by atoms with Crippen molar-refractivity contribution in [3.05, 3.63) is 29.3 Å². The molecule has 1 aliphatic carbocycles. The lowest BCUT2D eigenvalue weighted by atomic mass is 10.0. The molecule has 0 atom stereocenters. The first-order valence-corrected chi connectivity index (χ1v) is 11.4. The highest BCUT2D eigenvalue weighted by Crippen LogP contribution is 2.27. The van der Waals surface area contributed by atoms with E-state index in [9.17, 15) is 9.59 Å². The van der Waals surface area contributed by atoms with Crippen molar-refractivity contribution in [2.75, 3.05) is 24.5 Å². The molecular weight excluding hydrogens is 362 g/mol. The number of hydrogen-bond donors (Lipinski definition) is 1. The molecule has 0 aromatic heterocycles. The van der Waals surface area contributed by atoms with E-state index in [0.717, 1.165) is 63.1 Å². The zero-order valence-corrected chi connectivity index (χ0v) is 18.4. The van der Waals surface area contributed by atoms with Gasteiger partial charge in [-0.05, 0) is 61.9 Å². The molecular formula is C24H37N3O2. The Morgan fingerprint density at radius 1 is 1.07 bits per heavy atom.